The van der Waals surface area contributed by atoms with Crippen molar-refractivity contribution in [3.05, 3.63) is 83.1 Å². The van der Waals surface area contributed by atoms with Gasteiger partial charge in [0.25, 0.3) is 0 Å². The Bertz CT molecular complexity index is 1040. The predicted octanol–water partition coefficient (Wildman–Crippen LogP) is 3.40. The molecule has 2 unspecified atom stereocenters. The van der Waals surface area contributed by atoms with E-state index in [1.54, 1.807) is 17.1 Å². The number of benzene rings is 1. The summed E-state index contributed by atoms with van der Waals surface area (Å²) in [5.41, 5.74) is 5.10. The Kier molecular flexibility index (Phi) is 3.63. The van der Waals surface area contributed by atoms with Crippen LogP contribution in [0.1, 0.15) is 41.5 Å². The third-order valence-corrected chi connectivity index (χ3v) is 5.41. The smallest absolute Gasteiger partial charge is 0.226 e. The van der Waals surface area contributed by atoms with Crippen molar-refractivity contribution in [1.82, 2.24) is 19.7 Å². The molecular formula is C21H19N5O. The molecule has 6 heteroatoms. The zero-order valence-electron chi connectivity index (χ0n) is 15.0. The number of aryl methyl sites for hydroxylation is 1. The summed E-state index contributed by atoms with van der Waals surface area (Å²) in [6.07, 6.45) is 6.34. The van der Waals surface area contributed by atoms with Gasteiger partial charge in [-0.05, 0) is 36.5 Å². The molecule has 6 nitrogen and oxygen atoms in total. The van der Waals surface area contributed by atoms with Crippen LogP contribution in [0, 0.1) is 6.92 Å². The van der Waals surface area contributed by atoms with Gasteiger partial charge in [0.1, 0.15) is 12.4 Å². The largest absolute Gasteiger partial charge is 0.328 e. The maximum Gasteiger partial charge on any atom is 0.226 e. The lowest BCUT2D eigenvalue weighted by molar-refractivity contribution is -0.116. The number of allylic oxidation sites excluding steroid dienone is 2. The predicted molar refractivity (Wildman–Crippen MR) is 101 cm³/mol. The van der Waals surface area contributed by atoms with E-state index in [1.165, 1.54) is 17.5 Å². The molecule has 0 spiro atoms. The van der Waals surface area contributed by atoms with E-state index in [-0.39, 0.29) is 17.7 Å². The molecule has 0 fully saturated rings. The van der Waals surface area contributed by atoms with Crippen LogP contribution in [0.4, 0.5) is 5.95 Å². The molecule has 1 aliphatic heterocycles. The summed E-state index contributed by atoms with van der Waals surface area (Å²) in [6, 6.07) is 12.1. The van der Waals surface area contributed by atoms with Gasteiger partial charge in [-0.15, -0.1) is 0 Å². The second kappa shape index (κ2) is 6.16. The summed E-state index contributed by atoms with van der Waals surface area (Å²) >= 11 is 0. The van der Waals surface area contributed by atoms with Crippen LogP contribution in [0.3, 0.4) is 0 Å². The van der Waals surface area contributed by atoms with E-state index < -0.39 is 0 Å². The molecule has 2 aromatic heterocycles. The number of nitrogens with zero attached hydrogens (tertiary/aromatic N) is 4. The molecular weight excluding hydrogens is 338 g/mol. The Balaban J connectivity index is 1.58. The number of hydrogen-bond donors (Lipinski definition) is 1. The van der Waals surface area contributed by atoms with Gasteiger partial charge in [0.15, 0.2) is 5.78 Å². The molecule has 1 N–H and O–H groups in total. The molecule has 5 rings (SSSR count). The normalized spacial score (nSPS) is 21.4. The van der Waals surface area contributed by atoms with E-state index in [0.29, 0.717) is 12.4 Å². The van der Waals surface area contributed by atoms with Crippen LogP contribution in [0.15, 0.2) is 66.4 Å². The van der Waals surface area contributed by atoms with E-state index in [1.807, 2.05) is 12.1 Å². The molecule has 0 radical (unpaired) electrons. The average Bonchev–Trinajstić information content (AvgIpc) is 3.15. The average molecular weight is 357 g/mol. The number of rotatable bonds is 2. The number of ketones is 1. The van der Waals surface area contributed by atoms with Crippen molar-refractivity contribution < 1.29 is 4.79 Å². The fourth-order valence-electron chi connectivity index (χ4n) is 4.07. The SMILES string of the molecule is Cc1ccc(C2CC(=O)C3=C(C2)Nc2ncnn2C3c2cccnc2)cc1. The Morgan fingerprint density at radius 3 is 2.74 bits per heavy atom. The summed E-state index contributed by atoms with van der Waals surface area (Å²) in [5, 5.41) is 7.70. The molecule has 27 heavy (non-hydrogen) atoms. The van der Waals surface area contributed by atoms with Crippen LogP contribution in [-0.4, -0.2) is 25.5 Å². The minimum Gasteiger partial charge on any atom is -0.328 e. The number of carbonyl (C=O) groups excluding carboxylic acids is 1. The van der Waals surface area contributed by atoms with Crippen LogP contribution < -0.4 is 5.32 Å². The van der Waals surface area contributed by atoms with Crippen molar-refractivity contribution in [2.45, 2.75) is 31.7 Å². The monoisotopic (exact) mass is 357 g/mol. The Labute approximate surface area is 157 Å². The van der Waals surface area contributed by atoms with Gasteiger partial charge in [-0.3, -0.25) is 9.78 Å². The molecule has 1 aromatic carbocycles. The molecule has 0 amide bonds. The molecule has 1 aliphatic carbocycles. The second-order valence-corrected chi connectivity index (χ2v) is 7.17. The Morgan fingerprint density at radius 2 is 1.96 bits per heavy atom. The zero-order chi connectivity index (χ0) is 18.4. The highest BCUT2D eigenvalue weighted by Gasteiger charge is 2.39. The Hall–Kier alpha value is -3.28. The molecule has 2 aliphatic rings. The highest BCUT2D eigenvalue weighted by molar-refractivity contribution is 6.00. The fourth-order valence-corrected chi connectivity index (χ4v) is 4.07. The van der Waals surface area contributed by atoms with Gasteiger partial charge in [-0.2, -0.15) is 10.1 Å². The first-order valence-corrected chi connectivity index (χ1v) is 9.10. The van der Waals surface area contributed by atoms with Gasteiger partial charge in [0.2, 0.25) is 5.95 Å². The van der Waals surface area contributed by atoms with Gasteiger partial charge >= 0.3 is 0 Å². The third-order valence-electron chi connectivity index (χ3n) is 5.41. The first-order chi connectivity index (χ1) is 13.2. The van der Waals surface area contributed by atoms with Gasteiger partial charge in [0, 0.05) is 30.1 Å². The lowest BCUT2D eigenvalue weighted by Crippen LogP contribution is -2.33. The van der Waals surface area contributed by atoms with Crippen LogP contribution in [0.2, 0.25) is 0 Å². The summed E-state index contributed by atoms with van der Waals surface area (Å²) in [4.78, 5) is 21.8. The maximum atomic E-state index is 13.2. The lowest BCUT2D eigenvalue weighted by atomic mass is 9.78. The van der Waals surface area contributed by atoms with Crippen LogP contribution in [0.5, 0.6) is 0 Å². The van der Waals surface area contributed by atoms with Gasteiger partial charge < -0.3 is 5.32 Å². The summed E-state index contributed by atoms with van der Waals surface area (Å²) in [6.45, 7) is 2.07. The highest BCUT2D eigenvalue weighted by Crippen LogP contribution is 2.43. The summed E-state index contributed by atoms with van der Waals surface area (Å²) in [7, 11) is 0. The van der Waals surface area contributed by atoms with Crippen molar-refractivity contribution >= 4 is 11.7 Å². The quantitative estimate of drug-likeness (QED) is 0.761. The molecule has 0 saturated heterocycles. The van der Waals surface area contributed by atoms with Crippen molar-refractivity contribution in [2.75, 3.05) is 5.32 Å². The first kappa shape index (κ1) is 15.9. The van der Waals surface area contributed by atoms with Crippen molar-refractivity contribution in [2.24, 2.45) is 0 Å². The van der Waals surface area contributed by atoms with Crippen LogP contribution in [0.25, 0.3) is 0 Å². The van der Waals surface area contributed by atoms with E-state index in [9.17, 15) is 4.79 Å². The van der Waals surface area contributed by atoms with E-state index >= 15 is 0 Å². The van der Waals surface area contributed by atoms with E-state index in [2.05, 4.69) is 51.6 Å². The summed E-state index contributed by atoms with van der Waals surface area (Å²) in [5.74, 6) is 0.998. The Morgan fingerprint density at radius 1 is 1.11 bits per heavy atom. The number of pyridine rings is 1. The minimum absolute atomic E-state index is 0.157. The fraction of sp³-hybridized carbons (Fsp3) is 0.238. The maximum absolute atomic E-state index is 13.2. The van der Waals surface area contributed by atoms with Crippen LogP contribution >= 0.6 is 0 Å². The molecule has 3 heterocycles. The van der Waals surface area contributed by atoms with Crippen LogP contribution in [-0.2, 0) is 4.79 Å². The number of hydrogen-bond acceptors (Lipinski definition) is 5. The zero-order valence-corrected chi connectivity index (χ0v) is 15.0. The highest BCUT2D eigenvalue weighted by atomic mass is 16.1. The van der Waals surface area contributed by atoms with Crippen molar-refractivity contribution in [1.29, 1.82) is 0 Å². The first-order valence-electron chi connectivity index (χ1n) is 9.10. The minimum atomic E-state index is -0.279. The number of aromatic nitrogens is 4. The number of anilines is 1. The molecule has 0 bridgehead atoms. The molecule has 2 atom stereocenters. The number of carbonyl (C=O) groups is 1. The van der Waals surface area contributed by atoms with E-state index in [4.69, 9.17) is 0 Å². The van der Waals surface area contributed by atoms with Gasteiger partial charge in [-0.25, -0.2) is 4.68 Å². The number of fused-ring (bicyclic) bond motifs is 1. The molecule has 3 aromatic rings. The summed E-state index contributed by atoms with van der Waals surface area (Å²) < 4.78 is 1.78. The second-order valence-electron chi connectivity index (χ2n) is 7.17. The van der Waals surface area contributed by atoms with E-state index in [0.717, 1.165) is 23.3 Å². The molecule has 134 valence electrons. The van der Waals surface area contributed by atoms with Gasteiger partial charge in [0.05, 0.1) is 0 Å². The standard InChI is InChI=1S/C21H19N5O/c1-13-4-6-14(7-5-13)16-9-17-19(18(27)10-16)20(15-3-2-8-22-11-15)26-21(25-17)23-12-24-26/h2-8,11-12,16,20H,9-10H2,1H3,(H,23,24,25). The lowest BCUT2D eigenvalue weighted by Gasteiger charge is -2.35. The van der Waals surface area contributed by atoms with Crippen molar-refractivity contribution in [3.8, 4) is 0 Å². The topological polar surface area (TPSA) is 72.7 Å². The number of Topliss-reactive ketones (excluding diaryl/α,β-unsaturated/α-hetero) is 1. The number of nitrogens with one attached hydrogen (secondary N) is 1. The van der Waals surface area contributed by atoms with Gasteiger partial charge in [-0.1, -0.05) is 35.9 Å². The third kappa shape index (κ3) is 2.65. The van der Waals surface area contributed by atoms with Crippen molar-refractivity contribution in [3.63, 3.8) is 0 Å². The molecule has 0 saturated carbocycles.